The number of anilines is 1. The molecule has 0 saturated carbocycles. The van der Waals surface area contributed by atoms with E-state index < -0.39 is 0 Å². The molecule has 0 N–H and O–H groups in total. The lowest BCUT2D eigenvalue weighted by Gasteiger charge is -2.28. The first-order chi connectivity index (χ1) is 16.4. The van der Waals surface area contributed by atoms with Gasteiger partial charge in [-0.15, -0.1) is 0 Å². The third kappa shape index (κ3) is 5.76. The number of fused-ring (bicyclic) bond motifs is 2. The molecule has 36 heavy (non-hydrogen) atoms. The first kappa shape index (κ1) is 28.9. The van der Waals surface area contributed by atoms with Gasteiger partial charge in [0, 0.05) is 41.3 Å². The molecule has 3 aromatic carbocycles. The van der Waals surface area contributed by atoms with Crippen molar-refractivity contribution in [2.45, 2.75) is 18.4 Å². The number of para-hydroxylation sites is 2. The van der Waals surface area contributed by atoms with Crippen LogP contribution in [0.2, 0.25) is 0 Å². The van der Waals surface area contributed by atoms with Gasteiger partial charge in [-0.2, -0.15) is 4.57 Å². The van der Waals surface area contributed by atoms with Crippen LogP contribution in [0.25, 0.3) is 28.1 Å². The average Bonchev–Trinajstić information content (AvgIpc) is 3.16. The number of aromatic nitrogens is 1. The van der Waals surface area contributed by atoms with Crippen LogP contribution in [0, 0.1) is 0 Å². The lowest BCUT2D eigenvalue weighted by Crippen LogP contribution is -3.00. The molecule has 0 amide bonds. The van der Waals surface area contributed by atoms with Gasteiger partial charge in [-0.1, -0.05) is 60.3 Å². The second-order valence-electron chi connectivity index (χ2n) is 9.78. The van der Waals surface area contributed by atoms with Gasteiger partial charge < -0.3 is 57.3 Å². The Hall–Kier alpha value is -1.62. The van der Waals surface area contributed by atoms with Crippen molar-refractivity contribution in [2.24, 2.45) is 7.05 Å². The Morgan fingerprint density at radius 3 is 2.28 bits per heavy atom. The van der Waals surface area contributed by atoms with Crippen molar-refractivity contribution in [1.29, 1.82) is 0 Å². The fourth-order valence-corrected chi connectivity index (χ4v) is 5.70. The fraction of sp³-hybridized carbons (Fsp3) is 0.233. The third-order valence-electron chi connectivity index (χ3n) is 7.01. The number of hydrogen-bond donors (Lipinski definition) is 0. The predicted molar refractivity (Wildman–Crippen MR) is 146 cm³/mol. The van der Waals surface area contributed by atoms with Gasteiger partial charge in [-0.05, 0) is 30.7 Å². The van der Waals surface area contributed by atoms with Gasteiger partial charge in [0.05, 0.1) is 36.7 Å². The van der Waals surface area contributed by atoms with Crippen LogP contribution in [0.4, 0.5) is 5.69 Å². The van der Waals surface area contributed by atoms with Crippen molar-refractivity contribution in [3.63, 3.8) is 0 Å². The molecule has 0 saturated heterocycles. The minimum absolute atomic E-state index is 0. The quantitative estimate of drug-likeness (QED) is 0.168. The van der Waals surface area contributed by atoms with Crippen LogP contribution in [-0.4, -0.2) is 32.2 Å². The normalized spacial score (nSPS) is 13.9. The molecule has 2 heterocycles. The summed E-state index contributed by atoms with van der Waals surface area (Å²) in [4.78, 5) is 3.60. The van der Waals surface area contributed by atoms with Gasteiger partial charge in [-0.25, -0.2) is 0 Å². The highest BCUT2D eigenvalue weighted by atomic mass is 127. The maximum Gasteiger partial charge on any atom is 0.213 e. The topological polar surface area (TPSA) is 7.12 Å². The van der Waals surface area contributed by atoms with Gasteiger partial charge >= 0.3 is 0 Å². The molecule has 0 aliphatic carbocycles. The summed E-state index contributed by atoms with van der Waals surface area (Å²) in [6.45, 7) is 4.41. The molecular formula is C30H33I2N3S. The first-order valence-corrected chi connectivity index (χ1v) is 12.7. The van der Waals surface area contributed by atoms with Gasteiger partial charge in [0.1, 0.15) is 13.6 Å². The van der Waals surface area contributed by atoms with Gasteiger partial charge in [0.15, 0.2) is 0 Å². The highest BCUT2D eigenvalue weighted by Crippen LogP contribution is 2.45. The third-order valence-corrected chi connectivity index (χ3v) is 8.18. The summed E-state index contributed by atoms with van der Waals surface area (Å²) in [7, 11) is 8.89. The molecule has 5 rings (SSSR count). The van der Waals surface area contributed by atoms with Gasteiger partial charge in [0.25, 0.3) is 0 Å². The molecule has 0 spiro atoms. The highest BCUT2D eigenvalue weighted by molar-refractivity contribution is 8.03. The lowest BCUT2D eigenvalue weighted by molar-refractivity contribution is -0.901. The molecule has 1 aliphatic heterocycles. The molecule has 4 aromatic rings. The average molecular weight is 721 g/mol. The molecule has 3 nitrogen and oxygen atoms in total. The smallest absolute Gasteiger partial charge is 0.213 e. The minimum Gasteiger partial charge on any atom is -1.00 e. The number of rotatable bonds is 5. The first-order valence-electron chi connectivity index (χ1n) is 11.9. The minimum atomic E-state index is 0. The van der Waals surface area contributed by atoms with Crippen molar-refractivity contribution < 1.29 is 57.0 Å². The molecule has 0 bridgehead atoms. The number of aryl methyl sites for hydroxylation is 1. The predicted octanol–water partition coefficient (Wildman–Crippen LogP) is 0.476. The maximum atomic E-state index is 2.34. The van der Waals surface area contributed by atoms with Crippen molar-refractivity contribution in [2.75, 3.05) is 32.6 Å². The number of quaternary nitrogens is 1. The number of benzene rings is 3. The Morgan fingerprint density at radius 1 is 0.917 bits per heavy atom. The molecule has 1 aliphatic rings. The largest absolute Gasteiger partial charge is 1.00 e. The van der Waals surface area contributed by atoms with E-state index in [0.717, 1.165) is 17.6 Å². The molecular weight excluding hydrogens is 688 g/mol. The van der Waals surface area contributed by atoms with Crippen molar-refractivity contribution in [1.82, 2.24) is 0 Å². The van der Waals surface area contributed by atoms with E-state index in [2.05, 4.69) is 130 Å². The standard InChI is InChI=1S/C30H33N3S.2HI/c1-6-33(4,5)21-22-15-17-23(18-16-22)26-19-24(31(2)27-12-8-7-11-25(26)27)20-30-32(3)28-13-9-10-14-29(28)34-30;;/h7-20H,6,21H2,1-5H3;2*1H/q+2;;/p-2. The molecule has 0 atom stereocenters. The number of thioether (sulfide) groups is 1. The number of halogens is 2. The monoisotopic (exact) mass is 721 g/mol. The van der Waals surface area contributed by atoms with E-state index in [9.17, 15) is 0 Å². The van der Waals surface area contributed by atoms with E-state index in [1.807, 2.05) is 11.8 Å². The van der Waals surface area contributed by atoms with E-state index in [4.69, 9.17) is 0 Å². The van der Waals surface area contributed by atoms with E-state index in [1.54, 1.807) is 0 Å². The summed E-state index contributed by atoms with van der Waals surface area (Å²) in [6, 6.07) is 28.8. The summed E-state index contributed by atoms with van der Waals surface area (Å²) in [5.74, 6) is 0. The summed E-state index contributed by atoms with van der Waals surface area (Å²) in [5.41, 5.74) is 7.63. The molecule has 1 aromatic heterocycles. The second kappa shape index (κ2) is 11.8. The van der Waals surface area contributed by atoms with Crippen LogP contribution in [0.3, 0.4) is 0 Å². The highest BCUT2D eigenvalue weighted by Gasteiger charge is 2.24. The van der Waals surface area contributed by atoms with Gasteiger partial charge in [-0.3, -0.25) is 0 Å². The Balaban J connectivity index is 0.00000180. The van der Waals surface area contributed by atoms with Crippen molar-refractivity contribution >= 4 is 34.4 Å². The Morgan fingerprint density at radius 2 is 1.58 bits per heavy atom. The number of pyridine rings is 1. The van der Waals surface area contributed by atoms with E-state index in [1.165, 1.54) is 48.9 Å². The van der Waals surface area contributed by atoms with Crippen molar-refractivity contribution in [3.05, 3.63) is 95.1 Å². The van der Waals surface area contributed by atoms with E-state index >= 15 is 0 Å². The van der Waals surface area contributed by atoms with Crippen LogP contribution in [0.15, 0.2) is 88.8 Å². The number of nitrogens with zero attached hydrogens (tertiary/aromatic N) is 3. The Bertz CT molecular complexity index is 1400. The fourth-order valence-electron chi connectivity index (χ4n) is 4.60. The van der Waals surface area contributed by atoms with Crippen LogP contribution < -0.4 is 57.4 Å². The number of hydrogen-bond acceptors (Lipinski definition) is 2. The van der Waals surface area contributed by atoms with Crippen LogP contribution in [0.1, 0.15) is 18.2 Å². The zero-order valence-corrected chi connectivity index (χ0v) is 26.6. The van der Waals surface area contributed by atoms with Crippen LogP contribution >= 0.6 is 11.8 Å². The molecule has 188 valence electrons. The van der Waals surface area contributed by atoms with E-state index in [0.29, 0.717) is 0 Å². The van der Waals surface area contributed by atoms with Crippen molar-refractivity contribution in [3.8, 4) is 11.1 Å². The Labute approximate surface area is 253 Å². The Kier molecular flexibility index (Phi) is 9.52. The summed E-state index contributed by atoms with van der Waals surface area (Å²) in [6.07, 6.45) is 2.32. The molecule has 0 unspecified atom stereocenters. The summed E-state index contributed by atoms with van der Waals surface area (Å²) >= 11 is 1.84. The maximum absolute atomic E-state index is 2.34. The zero-order valence-electron chi connectivity index (χ0n) is 21.5. The summed E-state index contributed by atoms with van der Waals surface area (Å²) in [5, 5.41) is 2.52. The molecule has 6 heteroatoms. The van der Waals surface area contributed by atoms with Crippen LogP contribution in [-0.2, 0) is 13.6 Å². The van der Waals surface area contributed by atoms with E-state index in [-0.39, 0.29) is 48.0 Å². The SMILES string of the molecule is CC[N+](C)(C)Cc1ccc(-c2cc(C=C3Sc4ccccc4N3C)[n+](C)c3ccccc23)cc1.[I-].[I-]. The summed E-state index contributed by atoms with van der Waals surface area (Å²) < 4.78 is 3.30. The molecule has 0 radical (unpaired) electrons. The zero-order chi connectivity index (χ0) is 23.9. The van der Waals surface area contributed by atoms with Gasteiger partial charge in [0.2, 0.25) is 11.2 Å². The lowest BCUT2D eigenvalue weighted by atomic mass is 9.98. The second-order valence-corrected chi connectivity index (χ2v) is 10.8. The molecule has 0 fully saturated rings. The van der Waals surface area contributed by atoms with Crippen LogP contribution in [0.5, 0.6) is 0 Å².